The quantitative estimate of drug-likeness (QED) is 0.857. The van der Waals surface area contributed by atoms with Crippen molar-refractivity contribution in [1.82, 2.24) is 0 Å². The fourth-order valence-electron chi connectivity index (χ4n) is 1.02. The number of carbonyl (C=O) groups excluding carboxylic acids is 1. The van der Waals surface area contributed by atoms with Gasteiger partial charge >= 0.3 is 12.1 Å². The molecule has 0 aliphatic carbocycles. The first-order valence-corrected chi connectivity index (χ1v) is 5.61. The topological polar surface area (TPSA) is 75.6 Å². The summed E-state index contributed by atoms with van der Waals surface area (Å²) < 4.78 is 5.44. The molecule has 1 aromatic carbocycles. The van der Waals surface area contributed by atoms with E-state index in [-0.39, 0.29) is 11.3 Å². The molecule has 0 spiro atoms. The monoisotopic (exact) mass is 351 g/mol. The van der Waals surface area contributed by atoms with Gasteiger partial charge in [-0.25, -0.2) is 9.59 Å². The highest BCUT2D eigenvalue weighted by atomic mass is 79.9. The highest BCUT2D eigenvalue weighted by Gasteiger charge is 2.16. The van der Waals surface area contributed by atoms with Gasteiger partial charge in [0.15, 0.2) is 0 Å². The molecule has 0 fully saturated rings. The minimum atomic E-state index is -1.14. The third-order valence-corrected chi connectivity index (χ3v) is 2.78. The Balaban J connectivity index is 3.24. The number of methoxy groups -OCH3 is 1. The number of rotatable bonds is 2. The van der Waals surface area contributed by atoms with E-state index in [1.807, 2.05) is 0 Å². The summed E-state index contributed by atoms with van der Waals surface area (Å²) >= 11 is 6.32. The summed E-state index contributed by atoms with van der Waals surface area (Å²) in [7, 11) is 1.20. The number of amides is 1. The van der Waals surface area contributed by atoms with Gasteiger partial charge in [0.2, 0.25) is 0 Å². The molecule has 5 nitrogen and oxygen atoms in total. The Morgan fingerprint density at radius 3 is 2.50 bits per heavy atom. The van der Waals surface area contributed by atoms with Crippen LogP contribution in [0.25, 0.3) is 0 Å². The summed E-state index contributed by atoms with van der Waals surface area (Å²) in [4.78, 5) is 22.0. The van der Waals surface area contributed by atoms with Crippen molar-refractivity contribution in [3.63, 3.8) is 0 Å². The van der Waals surface area contributed by atoms with Crippen LogP contribution in [-0.4, -0.2) is 24.3 Å². The lowest BCUT2D eigenvalue weighted by Crippen LogP contribution is -2.14. The van der Waals surface area contributed by atoms with Crippen molar-refractivity contribution in [2.75, 3.05) is 12.4 Å². The Morgan fingerprint density at radius 2 is 2.00 bits per heavy atom. The molecule has 16 heavy (non-hydrogen) atoms. The number of anilines is 1. The number of benzene rings is 1. The summed E-state index contributed by atoms with van der Waals surface area (Å²) in [5.74, 6) is -1.14. The number of carboxylic acid groups (broad SMARTS) is 1. The number of carboxylic acids is 1. The lowest BCUT2D eigenvalue weighted by Gasteiger charge is -2.10. The van der Waals surface area contributed by atoms with Crippen LogP contribution in [0.3, 0.4) is 0 Å². The van der Waals surface area contributed by atoms with Crippen LogP contribution >= 0.6 is 31.9 Å². The third-order valence-electron chi connectivity index (χ3n) is 1.70. The number of halogens is 2. The molecule has 2 N–H and O–H groups in total. The maximum atomic E-state index is 11.0. The van der Waals surface area contributed by atoms with Crippen LogP contribution in [-0.2, 0) is 4.74 Å². The van der Waals surface area contributed by atoms with Crippen molar-refractivity contribution in [3.05, 3.63) is 26.6 Å². The van der Waals surface area contributed by atoms with Gasteiger partial charge in [0.05, 0.1) is 18.4 Å². The van der Waals surface area contributed by atoms with Gasteiger partial charge in [-0.1, -0.05) is 15.9 Å². The molecule has 0 radical (unpaired) electrons. The van der Waals surface area contributed by atoms with E-state index >= 15 is 0 Å². The molecule has 0 saturated carbocycles. The van der Waals surface area contributed by atoms with E-state index < -0.39 is 12.1 Å². The first-order valence-electron chi connectivity index (χ1n) is 4.03. The Hall–Kier alpha value is -1.08. The third kappa shape index (κ3) is 2.96. The van der Waals surface area contributed by atoms with Crippen molar-refractivity contribution in [2.45, 2.75) is 0 Å². The van der Waals surface area contributed by atoms with Crippen LogP contribution in [0.2, 0.25) is 0 Å². The summed E-state index contributed by atoms with van der Waals surface area (Å²) in [6.45, 7) is 0. The molecule has 0 aliphatic rings. The van der Waals surface area contributed by atoms with Crippen molar-refractivity contribution in [3.8, 4) is 0 Å². The highest BCUT2D eigenvalue weighted by molar-refractivity contribution is 9.11. The predicted molar refractivity (Wildman–Crippen MR) is 64.8 cm³/mol. The van der Waals surface area contributed by atoms with E-state index in [1.165, 1.54) is 13.2 Å². The van der Waals surface area contributed by atoms with Crippen LogP contribution in [0, 0.1) is 0 Å². The minimum absolute atomic E-state index is 0.0355. The fourth-order valence-corrected chi connectivity index (χ4v) is 2.35. The fraction of sp³-hybridized carbons (Fsp3) is 0.111. The second-order valence-corrected chi connectivity index (χ2v) is 4.50. The van der Waals surface area contributed by atoms with Gasteiger partial charge in [-0.3, -0.25) is 5.32 Å². The van der Waals surface area contributed by atoms with Gasteiger partial charge in [-0.15, -0.1) is 0 Å². The smallest absolute Gasteiger partial charge is 0.411 e. The number of aromatic carboxylic acids is 1. The summed E-state index contributed by atoms with van der Waals surface area (Å²) in [5, 5.41) is 11.3. The van der Waals surface area contributed by atoms with Crippen LogP contribution in [0.4, 0.5) is 10.5 Å². The Bertz CT molecular complexity index is 447. The zero-order valence-corrected chi connectivity index (χ0v) is 11.3. The van der Waals surface area contributed by atoms with E-state index in [0.29, 0.717) is 8.95 Å². The zero-order valence-electron chi connectivity index (χ0n) is 8.08. The van der Waals surface area contributed by atoms with Gasteiger partial charge in [-0.2, -0.15) is 0 Å². The normalized spacial score (nSPS) is 9.69. The summed E-state index contributed by atoms with van der Waals surface area (Å²) in [5.41, 5.74) is 0.120. The molecule has 0 unspecified atom stereocenters. The van der Waals surface area contributed by atoms with Crippen LogP contribution in [0.1, 0.15) is 10.4 Å². The first kappa shape index (κ1) is 13.0. The Morgan fingerprint density at radius 1 is 1.38 bits per heavy atom. The van der Waals surface area contributed by atoms with Gasteiger partial charge < -0.3 is 9.84 Å². The number of carbonyl (C=O) groups is 2. The van der Waals surface area contributed by atoms with Crippen LogP contribution in [0.15, 0.2) is 21.1 Å². The number of hydrogen-bond donors (Lipinski definition) is 2. The summed E-state index contributed by atoms with van der Waals surface area (Å²) in [6.07, 6.45) is -0.731. The van der Waals surface area contributed by atoms with Crippen molar-refractivity contribution in [2.24, 2.45) is 0 Å². The van der Waals surface area contributed by atoms with E-state index in [2.05, 4.69) is 41.9 Å². The SMILES string of the molecule is COC(=O)Nc1c(Br)cc(Br)cc1C(=O)O. The second kappa shape index (κ2) is 5.31. The maximum absolute atomic E-state index is 11.0. The van der Waals surface area contributed by atoms with Crippen molar-refractivity contribution < 1.29 is 19.4 Å². The Kier molecular flexibility index (Phi) is 4.31. The molecule has 0 aromatic heterocycles. The standard InChI is InChI=1S/C9H7Br2NO4/c1-16-9(15)12-7-5(8(13)14)2-4(10)3-6(7)11/h2-3H,1H3,(H,12,15)(H,13,14). The molecule has 1 amide bonds. The molecule has 0 bridgehead atoms. The minimum Gasteiger partial charge on any atom is -0.478 e. The van der Waals surface area contributed by atoms with Crippen molar-refractivity contribution >= 4 is 49.6 Å². The average molecular weight is 353 g/mol. The van der Waals surface area contributed by atoms with Gasteiger partial charge in [0.25, 0.3) is 0 Å². The molecule has 7 heteroatoms. The lowest BCUT2D eigenvalue weighted by molar-refractivity contribution is 0.0698. The van der Waals surface area contributed by atoms with Crippen molar-refractivity contribution in [1.29, 1.82) is 0 Å². The second-order valence-electron chi connectivity index (χ2n) is 2.73. The molecule has 0 aliphatic heterocycles. The lowest BCUT2D eigenvalue weighted by atomic mass is 10.2. The van der Waals surface area contributed by atoms with E-state index in [1.54, 1.807) is 6.07 Å². The molecular weight excluding hydrogens is 346 g/mol. The van der Waals surface area contributed by atoms with Crippen LogP contribution < -0.4 is 5.32 Å². The number of nitrogens with one attached hydrogen (secondary N) is 1. The number of hydrogen-bond acceptors (Lipinski definition) is 3. The van der Waals surface area contributed by atoms with E-state index in [0.717, 1.165) is 0 Å². The average Bonchev–Trinajstić information content (AvgIpc) is 2.20. The van der Waals surface area contributed by atoms with E-state index in [4.69, 9.17) is 5.11 Å². The highest BCUT2D eigenvalue weighted by Crippen LogP contribution is 2.30. The molecule has 1 rings (SSSR count). The maximum Gasteiger partial charge on any atom is 0.411 e. The predicted octanol–water partition coefficient (Wildman–Crippen LogP) is 3.09. The van der Waals surface area contributed by atoms with Gasteiger partial charge in [0, 0.05) is 8.95 Å². The van der Waals surface area contributed by atoms with Gasteiger partial charge in [0.1, 0.15) is 0 Å². The first-order chi connectivity index (χ1) is 7.45. The van der Waals surface area contributed by atoms with E-state index in [9.17, 15) is 9.59 Å². The zero-order chi connectivity index (χ0) is 12.3. The molecule has 0 saturated heterocycles. The van der Waals surface area contributed by atoms with Gasteiger partial charge in [-0.05, 0) is 28.1 Å². The molecule has 86 valence electrons. The molecular formula is C9H7Br2NO4. The summed E-state index contributed by atoms with van der Waals surface area (Å²) in [6, 6.07) is 3.01. The Labute approximate surface area is 108 Å². The largest absolute Gasteiger partial charge is 0.478 e. The molecule has 0 heterocycles. The van der Waals surface area contributed by atoms with Crippen LogP contribution in [0.5, 0.6) is 0 Å². The molecule has 1 aromatic rings. The number of ether oxygens (including phenoxy) is 1. The molecule has 0 atom stereocenters.